The topological polar surface area (TPSA) is 92.5 Å². The molecule has 1 aromatic carbocycles. The number of benzene rings is 1. The molecule has 1 aliphatic rings. The minimum absolute atomic E-state index is 0. The number of halogens is 1. The Hall–Kier alpha value is -0.800. The number of carbonyl (C=O) groups is 1. The van der Waals surface area contributed by atoms with Gasteiger partial charge in [0, 0.05) is 19.1 Å². The van der Waals surface area contributed by atoms with Gasteiger partial charge in [0.15, 0.2) is 0 Å². The molecule has 1 aliphatic heterocycles. The molecule has 9 heteroatoms. The van der Waals surface area contributed by atoms with Crippen molar-refractivity contribution in [2.45, 2.75) is 43.2 Å². The zero-order chi connectivity index (χ0) is 19.2. The molecule has 0 aromatic heterocycles. The van der Waals surface area contributed by atoms with Crippen molar-refractivity contribution in [1.29, 1.82) is 0 Å². The van der Waals surface area contributed by atoms with E-state index >= 15 is 0 Å². The number of hydrogen-bond acceptors (Lipinski definition) is 5. The van der Waals surface area contributed by atoms with Gasteiger partial charge in [0.2, 0.25) is 15.9 Å². The van der Waals surface area contributed by atoms with Gasteiger partial charge >= 0.3 is 0 Å². The summed E-state index contributed by atoms with van der Waals surface area (Å²) < 4.78 is 27.9. The van der Waals surface area contributed by atoms with Crippen molar-refractivity contribution in [2.24, 2.45) is 11.7 Å². The molecule has 0 radical (unpaired) electrons. The SMILES string of the molecule is CSCCC(NS(=O)(=O)c1ccccc1)C(=O)N1CCCC(C(C)N)C1.Cl. The van der Waals surface area contributed by atoms with Gasteiger partial charge in [-0.1, -0.05) is 18.2 Å². The Labute approximate surface area is 173 Å². The van der Waals surface area contributed by atoms with Crippen LogP contribution in [0.25, 0.3) is 0 Å². The van der Waals surface area contributed by atoms with E-state index < -0.39 is 16.1 Å². The van der Waals surface area contributed by atoms with Gasteiger partial charge in [-0.2, -0.15) is 16.5 Å². The van der Waals surface area contributed by atoms with Crippen LogP contribution in [0.3, 0.4) is 0 Å². The number of amides is 1. The second-order valence-electron chi connectivity index (χ2n) is 6.81. The fourth-order valence-corrected chi connectivity index (χ4v) is 4.90. The first-order valence-electron chi connectivity index (χ1n) is 8.96. The Morgan fingerprint density at radius 1 is 1.37 bits per heavy atom. The van der Waals surface area contributed by atoms with Crippen molar-refractivity contribution in [1.82, 2.24) is 9.62 Å². The van der Waals surface area contributed by atoms with Crippen LogP contribution in [0.5, 0.6) is 0 Å². The highest BCUT2D eigenvalue weighted by molar-refractivity contribution is 7.98. The Morgan fingerprint density at radius 2 is 2.04 bits per heavy atom. The molecule has 3 atom stereocenters. The lowest BCUT2D eigenvalue weighted by molar-refractivity contribution is -0.135. The smallest absolute Gasteiger partial charge is 0.241 e. The third-order valence-corrected chi connectivity index (χ3v) is 6.90. The van der Waals surface area contributed by atoms with Gasteiger partial charge in [-0.25, -0.2) is 8.42 Å². The zero-order valence-electron chi connectivity index (χ0n) is 15.8. The molecule has 1 amide bonds. The van der Waals surface area contributed by atoms with Crippen molar-refractivity contribution in [3.63, 3.8) is 0 Å². The molecular formula is C18H30ClN3O3S2. The largest absolute Gasteiger partial charge is 0.341 e. The molecule has 1 heterocycles. The summed E-state index contributed by atoms with van der Waals surface area (Å²) in [5, 5.41) is 0. The van der Waals surface area contributed by atoms with Crippen LogP contribution >= 0.6 is 24.2 Å². The van der Waals surface area contributed by atoms with Crippen molar-refractivity contribution >= 4 is 40.1 Å². The number of carbonyl (C=O) groups excluding carboxylic acids is 1. The van der Waals surface area contributed by atoms with E-state index in [1.807, 2.05) is 13.2 Å². The molecule has 1 saturated heterocycles. The van der Waals surface area contributed by atoms with Gasteiger partial charge in [-0.15, -0.1) is 12.4 Å². The first-order valence-corrected chi connectivity index (χ1v) is 11.8. The highest BCUT2D eigenvalue weighted by atomic mass is 35.5. The number of hydrogen-bond donors (Lipinski definition) is 2. The Kier molecular flexibility index (Phi) is 10.1. The third-order valence-electron chi connectivity index (χ3n) is 4.77. The third kappa shape index (κ3) is 6.94. The zero-order valence-corrected chi connectivity index (χ0v) is 18.3. The number of rotatable bonds is 8. The second-order valence-corrected chi connectivity index (χ2v) is 9.51. The quantitative estimate of drug-likeness (QED) is 0.652. The van der Waals surface area contributed by atoms with E-state index in [2.05, 4.69) is 4.72 Å². The maximum atomic E-state index is 13.0. The lowest BCUT2D eigenvalue weighted by Gasteiger charge is -2.36. The van der Waals surface area contributed by atoms with Crippen LogP contribution in [0.2, 0.25) is 0 Å². The summed E-state index contributed by atoms with van der Waals surface area (Å²) in [6, 6.07) is 7.44. The number of nitrogens with zero attached hydrogens (tertiary/aromatic N) is 1. The van der Waals surface area contributed by atoms with Gasteiger partial charge in [0.25, 0.3) is 0 Å². The number of thioether (sulfide) groups is 1. The van der Waals surface area contributed by atoms with E-state index in [4.69, 9.17) is 5.73 Å². The predicted octanol–water partition coefficient (Wildman–Crippen LogP) is 2.09. The average Bonchev–Trinajstić information content (AvgIpc) is 2.65. The molecule has 2 rings (SSSR count). The molecule has 154 valence electrons. The van der Waals surface area contributed by atoms with Crippen LogP contribution < -0.4 is 10.5 Å². The van der Waals surface area contributed by atoms with E-state index in [1.165, 1.54) is 12.1 Å². The molecule has 27 heavy (non-hydrogen) atoms. The van der Waals surface area contributed by atoms with Gasteiger partial charge in [-0.3, -0.25) is 4.79 Å². The number of likely N-dealkylation sites (tertiary alicyclic amines) is 1. The number of nitrogens with one attached hydrogen (secondary N) is 1. The Bertz CT molecular complexity index is 686. The maximum Gasteiger partial charge on any atom is 0.241 e. The highest BCUT2D eigenvalue weighted by Crippen LogP contribution is 2.21. The van der Waals surface area contributed by atoms with Gasteiger partial charge in [0.05, 0.1) is 4.90 Å². The second kappa shape index (κ2) is 11.3. The fraction of sp³-hybridized carbons (Fsp3) is 0.611. The molecule has 0 bridgehead atoms. The summed E-state index contributed by atoms with van der Waals surface area (Å²) in [5.41, 5.74) is 6.01. The maximum absolute atomic E-state index is 13.0. The molecule has 0 saturated carbocycles. The first kappa shape index (κ1) is 24.2. The predicted molar refractivity (Wildman–Crippen MR) is 114 cm³/mol. The fourth-order valence-electron chi connectivity index (χ4n) is 3.18. The number of sulfonamides is 1. The van der Waals surface area contributed by atoms with Crippen molar-refractivity contribution in [3.8, 4) is 0 Å². The normalized spacial score (nSPS) is 19.8. The lowest BCUT2D eigenvalue weighted by atomic mass is 9.92. The number of nitrogens with two attached hydrogens (primary N) is 1. The molecule has 0 aliphatic carbocycles. The molecule has 1 aromatic rings. The summed E-state index contributed by atoms with van der Waals surface area (Å²) in [6.07, 6.45) is 4.32. The highest BCUT2D eigenvalue weighted by Gasteiger charge is 2.32. The summed E-state index contributed by atoms with van der Waals surface area (Å²) in [7, 11) is -3.73. The van der Waals surface area contributed by atoms with Gasteiger partial charge < -0.3 is 10.6 Å². The molecule has 0 spiro atoms. The standard InChI is InChI=1S/C18H29N3O3S2.ClH/c1-14(19)15-7-6-11-21(13-15)18(22)17(10-12-25-2)20-26(23,24)16-8-4-3-5-9-16;/h3-5,8-9,14-15,17,20H,6-7,10-13,19H2,1-2H3;1H. The summed E-state index contributed by atoms with van der Waals surface area (Å²) in [5.74, 6) is 0.821. The molecule has 3 unspecified atom stereocenters. The minimum atomic E-state index is -3.73. The van der Waals surface area contributed by atoms with Crippen LogP contribution in [-0.2, 0) is 14.8 Å². The Balaban J connectivity index is 0.00000364. The van der Waals surface area contributed by atoms with Crippen molar-refractivity contribution in [2.75, 3.05) is 25.1 Å². The average molecular weight is 436 g/mol. The summed E-state index contributed by atoms with van der Waals surface area (Å²) in [6.45, 7) is 3.21. The molecule has 3 N–H and O–H groups in total. The lowest BCUT2D eigenvalue weighted by Crippen LogP contribution is -2.53. The number of piperidine rings is 1. The van der Waals surface area contributed by atoms with E-state index in [0.717, 1.165) is 12.8 Å². The van der Waals surface area contributed by atoms with Gasteiger partial charge in [0.1, 0.15) is 6.04 Å². The monoisotopic (exact) mass is 435 g/mol. The molecule has 6 nitrogen and oxygen atoms in total. The van der Waals surface area contributed by atoms with E-state index in [-0.39, 0.29) is 35.2 Å². The van der Waals surface area contributed by atoms with Crippen LogP contribution in [0, 0.1) is 5.92 Å². The van der Waals surface area contributed by atoms with E-state index in [9.17, 15) is 13.2 Å². The van der Waals surface area contributed by atoms with Crippen LogP contribution in [0.15, 0.2) is 35.2 Å². The van der Waals surface area contributed by atoms with Crippen LogP contribution in [-0.4, -0.2) is 56.4 Å². The first-order chi connectivity index (χ1) is 12.3. The summed E-state index contributed by atoms with van der Waals surface area (Å²) in [4.78, 5) is 15.0. The van der Waals surface area contributed by atoms with Crippen LogP contribution in [0.4, 0.5) is 0 Å². The van der Waals surface area contributed by atoms with Crippen molar-refractivity contribution < 1.29 is 13.2 Å². The van der Waals surface area contributed by atoms with Gasteiger partial charge in [-0.05, 0) is 56.2 Å². The Morgan fingerprint density at radius 3 is 2.63 bits per heavy atom. The molecular weight excluding hydrogens is 406 g/mol. The molecule has 1 fully saturated rings. The minimum Gasteiger partial charge on any atom is -0.341 e. The summed E-state index contributed by atoms with van der Waals surface area (Å²) >= 11 is 1.60. The van der Waals surface area contributed by atoms with E-state index in [0.29, 0.717) is 25.3 Å². The van der Waals surface area contributed by atoms with Crippen LogP contribution in [0.1, 0.15) is 26.2 Å². The van der Waals surface area contributed by atoms with E-state index in [1.54, 1.807) is 34.9 Å². The van der Waals surface area contributed by atoms with Crippen molar-refractivity contribution in [3.05, 3.63) is 30.3 Å².